The molecule has 0 aliphatic rings. The van der Waals surface area contributed by atoms with Crippen LogP contribution < -0.4 is 10.6 Å². The maximum Gasteiger partial charge on any atom is 0.416 e. The number of nitrogens with zero attached hydrogens (tertiary/aromatic N) is 1. The molecule has 6 nitrogen and oxygen atoms in total. The zero-order valence-corrected chi connectivity index (χ0v) is 20.1. The molecule has 0 bridgehead atoms. The predicted molar refractivity (Wildman–Crippen MR) is 137 cm³/mol. The number of carbonyl (C=O) groups excluding carboxylic acids is 2. The second kappa shape index (κ2) is 10.2. The maximum absolute atomic E-state index is 12.7. The molecule has 0 aliphatic carbocycles. The highest BCUT2D eigenvalue weighted by Crippen LogP contribution is 2.32. The molecule has 2 aromatic carbocycles. The van der Waals surface area contributed by atoms with Gasteiger partial charge in [-0.15, -0.1) is 11.3 Å². The van der Waals surface area contributed by atoms with Crippen molar-refractivity contribution in [2.45, 2.75) is 13.1 Å². The Hall–Kier alpha value is -4.18. The SMILES string of the molecule is CNc1ccc(C)c(NC(=O)c2cc3cnc4[nH]ccc4c3s2)c1.O=Cc1cccc(C(F)(F)F)c1. The number of aryl methyl sites for hydroxylation is 1. The summed E-state index contributed by atoms with van der Waals surface area (Å²) in [6.45, 7) is 1.98. The van der Waals surface area contributed by atoms with E-state index in [1.54, 1.807) is 6.20 Å². The summed E-state index contributed by atoms with van der Waals surface area (Å²) < 4.78 is 37.0. The number of hydrogen-bond donors (Lipinski definition) is 3. The number of halogens is 3. The number of fused-ring (bicyclic) bond motifs is 3. The van der Waals surface area contributed by atoms with Crippen LogP contribution in [0.3, 0.4) is 0 Å². The number of benzene rings is 2. The summed E-state index contributed by atoms with van der Waals surface area (Å²) in [6.07, 6.45) is -0.328. The average molecular weight is 511 g/mol. The summed E-state index contributed by atoms with van der Waals surface area (Å²) in [4.78, 5) is 30.9. The number of alkyl halides is 3. The van der Waals surface area contributed by atoms with E-state index in [2.05, 4.69) is 20.6 Å². The summed E-state index contributed by atoms with van der Waals surface area (Å²) in [7, 11) is 1.86. The summed E-state index contributed by atoms with van der Waals surface area (Å²) in [5, 5.41) is 8.12. The van der Waals surface area contributed by atoms with Gasteiger partial charge in [-0.1, -0.05) is 18.2 Å². The summed E-state index contributed by atoms with van der Waals surface area (Å²) in [6, 6.07) is 14.1. The average Bonchev–Trinajstić information content (AvgIpc) is 3.52. The summed E-state index contributed by atoms with van der Waals surface area (Å²) in [5.41, 5.74) is 2.88. The number of carbonyl (C=O) groups is 2. The summed E-state index contributed by atoms with van der Waals surface area (Å²) in [5.74, 6) is -0.101. The number of hydrogen-bond acceptors (Lipinski definition) is 5. The van der Waals surface area contributed by atoms with Crippen molar-refractivity contribution in [3.63, 3.8) is 0 Å². The molecule has 0 radical (unpaired) electrons. The van der Waals surface area contributed by atoms with Gasteiger partial charge < -0.3 is 15.6 Å². The van der Waals surface area contributed by atoms with Crippen LogP contribution in [0.15, 0.2) is 67.0 Å². The number of nitrogens with one attached hydrogen (secondary N) is 3. The smallest absolute Gasteiger partial charge is 0.388 e. The zero-order chi connectivity index (χ0) is 25.9. The Morgan fingerprint density at radius 1 is 1.11 bits per heavy atom. The molecule has 0 atom stereocenters. The Bertz CT molecular complexity index is 1560. The van der Waals surface area contributed by atoms with E-state index in [9.17, 15) is 22.8 Å². The van der Waals surface area contributed by atoms with Crippen LogP contribution in [0.2, 0.25) is 0 Å². The van der Waals surface area contributed by atoms with Gasteiger partial charge in [-0.2, -0.15) is 13.2 Å². The molecule has 1 amide bonds. The highest BCUT2D eigenvalue weighted by molar-refractivity contribution is 7.21. The molecule has 3 aromatic heterocycles. The number of thiophene rings is 1. The van der Waals surface area contributed by atoms with Crippen LogP contribution in [-0.2, 0) is 6.18 Å². The van der Waals surface area contributed by atoms with Crippen LogP contribution in [0.5, 0.6) is 0 Å². The molecule has 0 saturated carbocycles. The van der Waals surface area contributed by atoms with E-state index in [4.69, 9.17) is 0 Å². The largest absolute Gasteiger partial charge is 0.416 e. The van der Waals surface area contributed by atoms with E-state index in [1.807, 2.05) is 50.5 Å². The van der Waals surface area contributed by atoms with Crippen molar-refractivity contribution < 1.29 is 22.8 Å². The van der Waals surface area contributed by atoms with E-state index in [0.29, 0.717) is 11.2 Å². The van der Waals surface area contributed by atoms with Crippen LogP contribution in [0.1, 0.15) is 31.2 Å². The van der Waals surface area contributed by atoms with Crippen molar-refractivity contribution in [1.82, 2.24) is 9.97 Å². The highest BCUT2D eigenvalue weighted by atomic mass is 32.1. The fourth-order valence-electron chi connectivity index (χ4n) is 3.49. The Labute approximate surface area is 208 Å². The van der Waals surface area contributed by atoms with Gasteiger partial charge in [0.25, 0.3) is 5.91 Å². The van der Waals surface area contributed by atoms with Gasteiger partial charge in [0.15, 0.2) is 0 Å². The number of aldehydes is 1. The van der Waals surface area contributed by atoms with Crippen LogP contribution >= 0.6 is 11.3 Å². The quantitative estimate of drug-likeness (QED) is 0.230. The lowest BCUT2D eigenvalue weighted by Gasteiger charge is -2.09. The lowest BCUT2D eigenvalue weighted by molar-refractivity contribution is -0.137. The first-order valence-electron chi connectivity index (χ1n) is 10.8. The second-order valence-electron chi connectivity index (χ2n) is 7.87. The molecule has 0 aliphatic heterocycles. The van der Waals surface area contributed by atoms with Crippen LogP contribution in [-0.4, -0.2) is 29.2 Å². The van der Waals surface area contributed by atoms with Gasteiger partial charge in [-0.25, -0.2) is 4.98 Å². The van der Waals surface area contributed by atoms with Crippen LogP contribution in [0.4, 0.5) is 24.5 Å². The maximum atomic E-state index is 12.7. The molecule has 5 rings (SSSR count). The fourth-order valence-corrected chi connectivity index (χ4v) is 4.55. The van der Waals surface area contributed by atoms with Gasteiger partial charge in [0, 0.05) is 51.9 Å². The van der Waals surface area contributed by atoms with E-state index < -0.39 is 11.7 Å². The molecular weight excluding hydrogens is 489 g/mol. The van der Waals surface area contributed by atoms with Crippen molar-refractivity contribution in [2.75, 3.05) is 17.7 Å². The monoisotopic (exact) mass is 510 g/mol. The predicted octanol–water partition coefficient (Wildman–Crippen LogP) is 6.90. The number of H-pyrrole nitrogens is 1. The molecule has 184 valence electrons. The van der Waals surface area contributed by atoms with Crippen molar-refractivity contribution >= 4 is 56.0 Å². The number of aromatic nitrogens is 2. The molecule has 5 aromatic rings. The first-order valence-corrected chi connectivity index (χ1v) is 11.6. The van der Waals surface area contributed by atoms with Crippen molar-refractivity contribution in [3.8, 4) is 0 Å². The molecule has 0 unspecified atom stereocenters. The Kier molecular flexibility index (Phi) is 7.07. The summed E-state index contributed by atoms with van der Waals surface area (Å²) >= 11 is 1.49. The number of amides is 1. The Balaban J connectivity index is 0.000000214. The minimum atomic E-state index is -4.38. The third-order valence-electron chi connectivity index (χ3n) is 5.41. The first-order chi connectivity index (χ1) is 17.2. The minimum Gasteiger partial charge on any atom is -0.388 e. The number of anilines is 2. The van der Waals surface area contributed by atoms with Gasteiger partial charge in [0.05, 0.1) is 10.4 Å². The molecule has 36 heavy (non-hydrogen) atoms. The lowest BCUT2D eigenvalue weighted by atomic mass is 10.1. The third kappa shape index (κ3) is 5.38. The van der Waals surface area contributed by atoms with E-state index in [1.165, 1.54) is 23.5 Å². The van der Waals surface area contributed by atoms with E-state index in [0.717, 1.165) is 50.2 Å². The van der Waals surface area contributed by atoms with Gasteiger partial charge in [0.2, 0.25) is 0 Å². The Morgan fingerprint density at radius 3 is 2.64 bits per heavy atom. The molecular formula is C26H21F3N4O2S. The van der Waals surface area contributed by atoms with Crippen molar-refractivity contribution in [1.29, 1.82) is 0 Å². The first kappa shape index (κ1) is 24.9. The second-order valence-corrected chi connectivity index (χ2v) is 8.92. The molecule has 3 N–H and O–H groups in total. The van der Waals surface area contributed by atoms with Gasteiger partial charge in [0.1, 0.15) is 11.9 Å². The molecule has 0 saturated heterocycles. The minimum absolute atomic E-state index is 0.0322. The van der Waals surface area contributed by atoms with Gasteiger partial charge in [-0.3, -0.25) is 9.59 Å². The van der Waals surface area contributed by atoms with Gasteiger partial charge in [-0.05, 0) is 48.9 Å². The van der Waals surface area contributed by atoms with Crippen LogP contribution in [0.25, 0.3) is 21.1 Å². The number of rotatable bonds is 4. The highest BCUT2D eigenvalue weighted by Gasteiger charge is 2.30. The van der Waals surface area contributed by atoms with Crippen molar-refractivity contribution in [2.24, 2.45) is 0 Å². The van der Waals surface area contributed by atoms with E-state index in [-0.39, 0.29) is 11.5 Å². The van der Waals surface area contributed by atoms with Crippen LogP contribution in [0, 0.1) is 6.92 Å². The molecule has 10 heteroatoms. The number of aromatic amines is 1. The topological polar surface area (TPSA) is 86.9 Å². The van der Waals surface area contributed by atoms with Gasteiger partial charge >= 0.3 is 6.18 Å². The molecule has 0 spiro atoms. The third-order valence-corrected chi connectivity index (χ3v) is 6.59. The lowest BCUT2D eigenvalue weighted by Crippen LogP contribution is -2.11. The van der Waals surface area contributed by atoms with E-state index >= 15 is 0 Å². The normalized spacial score (nSPS) is 11.1. The molecule has 3 heterocycles. The zero-order valence-electron chi connectivity index (χ0n) is 19.2. The fraction of sp³-hybridized carbons (Fsp3) is 0.115. The standard InChI is InChI=1S/C18H16N4OS.C8H5F3O/c1-10-3-4-12(19-2)8-14(10)22-18(23)15-7-11-9-21-17-13(5-6-20-17)16(11)24-15;9-8(10,11)7-3-1-2-6(4-7)5-12/h3-9,19H,1-2H3,(H,20,21)(H,22,23);1-5H. The van der Waals surface area contributed by atoms with Crippen molar-refractivity contribution in [3.05, 3.63) is 88.6 Å². The Morgan fingerprint density at radius 2 is 1.92 bits per heavy atom. The molecule has 0 fully saturated rings. The number of pyridine rings is 1.